The second-order valence-electron chi connectivity index (χ2n) is 9.88. The van der Waals surface area contributed by atoms with Crippen LogP contribution >= 0.6 is 22.6 Å². The molecule has 2 aliphatic carbocycles. The summed E-state index contributed by atoms with van der Waals surface area (Å²) in [6.07, 6.45) is -5.79. The average Bonchev–Trinajstić information content (AvgIpc) is 2.86. The fourth-order valence-corrected chi connectivity index (χ4v) is 6.30. The second kappa shape index (κ2) is 9.56. The molecule has 0 spiro atoms. The van der Waals surface area contributed by atoms with Crippen LogP contribution in [-0.4, -0.2) is 82.9 Å². The molecule has 10 nitrogen and oxygen atoms in total. The molecule has 0 unspecified atom stereocenters. The summed E-state index contributed by atoms with van der Waals surface area (Å²) in [7, 11) is 0. The Morgan fingerprint density at radius 3 is 2.24 bits per heavy atom. The maximum atomic E-state index is 13.4. The molecule has 1 saturated heterocycles. The Morgan fingerprint density at radius 2 is 1.65 bits per heavy atom. The summed E-state index contributed by atoms with van der Waals surface area (Å²) in [6.45, 7) is 1.18. The normalized spacial score (nSPS) is 33.0. The lowest BCUT2D eigenvalue weighted by molar-refractivity contribution is -0.259. The van der Waals surface area contributed by atoms with Crippen LogP contribution in [0.15, 0.2) is 24.3 Å². The molecule has 198 valence electrons. The van der Waals surface area contributed by atoms with Crippen molar-refractivity contribution in [3.63, 3.8) is 0 Å². The number of hydrogen-bond acceptors (Lipinski definition) is 10. The third kappa shape index (κ3) is 4.17. The first kappa shape index (κ1) is 26.5. The molecule has 11 heteroatoms. The summed E-state index contributed by atoms with van der Waals surface area (Å²) in [5.74, 6) is -2.35. The number of halogens is 1. The highest BCUT2D eigenvalue weighted by Crippen LogP contribution is 2.52. The van der Waals surface area contributed by atoms with Gasteiger partial charge >= 0.3 is 0 Å². The largest absolute Gasteiger partial charge is 0.507 e. The number of alkyl halides is 1. The van der Waals surface area contributed by atoms with E-state index in [2.05, 4.69) is 0 Å². The fourth-order valence-electron chi connectivity index (χ4n) is 5.54. The topological polar surface area (TPSA) is 174 Å². The lowest BCUT2D eigenvalue weighted by Crippen LogP contribution is -2.55. The summed E-state index contributed by atoms with van der Waals surface area (Å²) < 4.78 is 11.2. The summed E-state index contributed by atoms with van der Waals surface area (Å²) >= 11 is 1.87. The molecule has 1 fully saturated rings. The molecule has 0 radical (unpaired) electrons. The zero-order valence-corrected chi connectivity index (χ0v) is 22.0. The van der Waals surface area contributed by atoms with Crippen molar-refractivity contribution < 1.29 is 49.7 Å². The van der Waals surface area contributed by atoms with Crippen LogP contribution in [0, 0.1) is 0 Å². The summed E-state index contributed by atoms with van der Waals surface area (Å²) in [6, 6.07) is 6.11. The minimum absolute atomic E-state index is 0.0263. The van der Waals surface area contributed by atoms with Gasteiger partial charge < -0.3 is 40.1 Å². The van der Waals surface area contributed by atoms with Crippen LogP contribution in [0.4, 0.5) is 0 Å². The van der Waals surface area contributed by atoms with E-state index >= 15 is 0 Å². The van der Waals surface area contributed by atoms with E-state index in [0.717, 1.165) is 0 Å². The van der Waals surface area contributed by atoms with Crippen molar-refractivity contribution in [1.29, 1.82) is 0 Å². The molecule has 0 saturated carbocycles. The van der Waals surface area contributed by atoms with E-state index in [1.807, 2.05) is 22.6 Å². The number of aliphatic hydroxyl groups is 4. The van der Waals surface area contributed by atoms with Crippen LogP contribution < -0.4 is 0 Å². The van der Waals surface area contributed by atoms with E-state index in [-0.39, 0.29) is 59.3 Å². The SMILES string of the molecule is C[C@H]1O[C@@H](O[C@H]2C[C@](O)(CCO)Cc3c(O)c4c(c(O)c32)C(=O)c2ccccc2C4=O)[C@H](I)[C@H](O)[C@@H]1O. The number of phenolic OH excluding ortho intramolecular Hbond substituents is 2. The fraction of sp³-hybridized carbons (Fsp3) is 0.462. The van der Waals surface area contributed by atoms with Crippen molar-refractivity contribution in [2.24, 2.45) is 0 Å². The van der Waals surface area contributed by atoms with E-state index in [1.165, 1.54) is 12.1 Å². The van der Waals surface area contributed by atoms with Crippen molar-refractivity contribution in [2.75, 3.05) is 6.61 Å². The zero-order valence-electron chi connectivity index (χ0n) is 19.8. The van der Waals surface area contributed by atoms with Crippen molar-refractivity contribution in [1.82, 2.24) is 0 Å². The smallest absolute Gasteiger partial charge is 0.198 e. The number of ketones is 2. The Bertz CT molecular complexity index is 1280. The number of benzene rings is 2. The predicted octanol–water partition coefficient (Wildman–Crippen LogP) is 1.26. The maximum absolute atomic E-state index is 13.4. The van der Waals surface area contributed by atoms with E-state index in [0.29, 0.717) is 0 Å². The highest BCUT2D eigenvalue weighted by molar-refractivity contribution is 14.1. The van der Waals surface area contributed by atoms with Gasteiger partial charge in [-0.05, 0) is 13.3 Å². The van der Waals surface area contributed by atoms with Gasteiger partial charge in [-0.1, -0.05) is 46.9 Å². The molecule has 0 bridgehead atoms. The highest BCUT2D eigenvalue weighted by Gasteiger charge is 2.49. The van der Waals surface area contributed by atoms with E-state index in [4.69, 9.17) is 9.47 Å². The van der Waals surface area contributed by atoms with Gasteiger partial charge in [0.05, 0.1) is 39.0 Å². The number of rotatable bonds is 4. The molecule has 6 N–H and O–H groups in total. The molecular weight excluding hydrogens is 599 g/mol. The van der Waals surface area contributed by atoms with Crippen LogP contribution in [0.3, 0.4) is 0 Å². The lowest BCUT2D eigenvalue weighted by Gasteiger charge is -2.44. The van der Waals surface area contributed by atoms with Crippen molar-refractivity contribution in [3.05, 3.63) is 57.6 Å². The van der Waals surface area contributed by atoms with Gasteiger partial charge in [0.1, 0.15) is 17.6 Å². The van der Waals surface area contributed by atoms with Crippen LogP contribution in [0.25, 0.3) is 0 Å². The first-order valence-corrected chi connectivity index (χ1v) is 13.2. The number of aliphatic hydroxyl groups excluding tert-OH is 3. The number of carbonyl (C=O) groups excluding carboxylic acids is 2. The number of fused-ring (bicyclic) bond motifs is 3. The van der Waals surface area contributed by atoms with Crippen LogP contribution in [0.1, 0.15) is 68.8 Å². The highest BCUT2D eigenvalue weighted by atomic mass is 127. The zero-order chi connectivity index (χ0) is 26.8. The number of hydrogen-bond donors (Lipinski definition) is 6. The Kier molecular flexibility index (Phi) is 6.84. The summed E-state index contributed by atoms with van der Waals surface area (Å²) in [4.78, 5) is 26.7. The lowest BCUT2D eigenvalue weighted by atomic mass is 9.72. The monoisotopic (exact) mass is 626 g/mol. The molecule has 2 aromatic rings. The van der Waals surface area contributed by atoms with Gasteiger partial charge in [0.15, 0.2) is 17.9 Å². The van der Waals surface area contributed by atoms with Crippen LogP contribution in [-0.2, 0) is 15.9 Å². The van der Waals surface area contributed by atoms with Gasteiger partial charge in [0, 0.05) is 41.7 Å². The van der Waals surface area contributed by atoms with Crippen molar-refractivity contribution in [3.8, 4) is 11.5 Å². The molecule has 3 aliphatic rings. The van der Waals surface area contributed by atoms with Crippen LogP contribution in [0.2, 0.25) is 0 Å². The van der Waals surface area contributed by atoms with E-state index in [1.54, 1.807) is 19.1 Å². The first-order chi connectivity index (χ1) is 17.5. The summed E-state index contributed by atoms with van der Waals surface area (Å²) in [5, 5.41) is 64.2. The minimum atomic E-state index is -1.58. The molecule has 37 heavy (non-hydrogen) atoms. The Morgan fingerprint density at radius 1 is 1.05 bits per heavy atom. The predicted molar refractivity (Wildman–Crippen MR) is 136 cm³/mol. The van der Waals surface area contributed by atoms with Gasteiger partial charge in [-0.25, -0.2) is 0 Å². The van der Waals surface area contributed by atoms with Gasteiger partial charge in [-0.3, -0.25) is 9.59 Å². The van der Waals surface area contributed by atoms with Gasteiger partial charge in [0.2, 0.25) is 0 Å². The third-order valence-electron chi connectivity index (χ3n) is 7.49. The standard InChI is InChI=1S/C26H27IO10/c1-10-19(29)24(34)18(27)25(36-10)37-14-9-26(35,6-7-28)8-13-15(14)23(33)17-16(22(13)32)20(30)11-4-2-3-5-12(11)21(17)31/h2-5,10,14,18-19,24-25,28-29,32-35H,6-9H2,1H3/t10-,14+,18-,19-,24+,25+,26+/m1/s1. The molecule has 0 aromatic heterocycles. The van der Waals surface area contributed by atoms with Gasteiger partial charge in [-0.15, -0.1) is 0 Å². The molecule has 1 aliphatic heterocycles. The molecule has 5 rings (SSSR count). The number of carbonyl (C=O) groups is 2. The Balaban J connectivity index is 1.66. The molecule has 0 amide bonds. The first-order valence-electron chi connectivity index (χ1n) is 11.9. The Hall–Kier alpha value is -2.13. The molecule has 2 aromatic carbocycles. The van der Waals surface area contributed by atoms with E-state index < -0.39 is 63.3 Å². The van der Waals surface area contributed by atoms with Crippen molar-refractivity contribution in [2.45, 2.75) is 66.4 Å². The van der Waals surface area contributed by atoms with E-state index in [9.17, 15) is 40.2 Å². The Labute approximate surface area is 225 Å². The number of phenols is 2. The number of ether oxygens (including phenoxy) is 2. The van der Waals surface area contributed by atoms with Crippen LogP contribution in [0.5, 0.6) is 11.5 Å². The second-order valence-corrected chi connectivity index (χ2v) is 11.3. The minimum Gasteiger partial charge on any atom is -0.507 e. The van der Waals surface area contributed by atoms with Gasteiger partial charge in [0.25, 0.3) is 0 Å². The average molecular weight is 626 g/mol. The molecular formula is C26H27IO10. The maximum Gasteiger partial charge on any atom is 0.198 e. The summed E-state index contributed by atoms with van der Waals surface area (Å²) in [5.41, 5.74) is -2.04. The number of aromatic hydroxyl groups is 2. The molecule has 7 atom stereocenters. The quantitative estimate of drug-likeness (QED) is 0.141. The van der Waals surface area contributed by atoms with Crippen molar-refractivity contribution >= 4 is 34.2 Å². The third-order valence-corrected chi connectivity index (χ3v) is 8.82. The molecule has 1 heterocycles. The van der Waals surface area contributed by atoms with Gasteiger partial charge in [-0.2, -0.15) is 0 Å².